The van der Waals surface area contributed by atoms with Crippen molar-refractivity contribution in [3.8, 4) is 0 Å². The number of nitrogens with zero attached hydrogens (tertiary/aromatic N) is 3. The number of aromatic nitrogens is 3. The average Bonchev–Trinajstić information content (AvgIpc) is 2.62. The predicted molar refractivity (Wildman–Crippen MR) is 48.4 cm³/mol. The van der Waals surface area contributed by atoms with Crippen LogP contribution in [0.5, 0.6) is 0 Å². The van der Waals surface area contributed by atoms with Crippen LogP contribution in [-0.4, -0.2) is 15.1 Å². The molecular weight excluding hydrogens is 188 g/mol. The van der Waals surface area contributed by atoms with Gasteiger partial charge in [-0.25, -0.2) is 4.98 Å². The molecule has 0 fully saturated rings. The molecule has 0 aromatic carbocycles. The van der Waals surface area contributed by atoms with Gasteiger partial charge in [-0.1, -0.05) is 5.16 Å². The van der Waals surface area contributed by atoms with E-state index in [0.717, 1.165) is 10.7 Å². The molecule has 2 N–H and O–H groups in total. The summed E-state index contributed by atoms with van der Waals surface area (Å²) in [4.78, 5) is 8.15. The molecule has 0 spiro atoms. The molecule has 13 heavy (non-hydrogen) atoms. The number of aryl methyl sites for hydroxylation is 1. The summed E-state index contributed by atoms with van der Waals surface area (Å²) in [6.45, 7) is 1.95. The molecule has 2 rings (SSSR count). The van der Waals surface area contributed by atoms with E-state index in [2.05, 4.69) is 19.6 Å². The van der Waals surface area contributed by atoms with E-state index in [1.165, 1.54) is 0 Å². The van der Waals surface area contributed by atoms with E-state index in [4.69, 9.17) is 5.73 Å². The van der Waals surface area contributed by atoms with Crippen LogP contribution in [0.4, 0.5) is 6.01 Å². The third-order valence-corrected chi connectivity index (χ3v) is 2.43. The van der Waals surface area contributed by atoms with E-state index in [1.807, 2.05) is 12.3 Å². The number of hydrogen-bond acceptors (Lipinski definition) is 6. The zero-order chi connectivity index (χ0) is 9.26. The van der Waals surface area contributed by atoms with Crippen LogP contribution in [0.1, 0.15) is 16.5 Å². The number of nitrogens with two attached hydrogens (primary N) is 1. The van der Waals surface area contributed by atoms with Gasteiger partial charge in [-0.05, 0) is 6.92 Å². The number of rotatable bonds is 2. The Kier molecular flexibility index (Phi) is 1.97. The highest BCUT2D eigenvalue weighted by Gasteiger charge is 2.06. The largest absolute Gasteiger partial charge is 0.351 e. The Morgan fingerprint density at radius 2 is 2.38 bits per heavy atom. The van der Waals surface area contributed by atoms with E-state index < -0.39 is 0 Å². The Morgan fingerprint density at radius 1 is 1.54 bits per heavy atom. The van der Waals surface area contributed by atoms with Crippen LogP contribution in [0.2, 0.25) is 0 Å². The smallest absolute Gasteiger partial charge is 0.318 e. The van der Waals surface area contributed by atoms with E-state index in [1.54, 1.807) is 11.3 Å². The van der Waals surface area contributed by atoms with Gasteiger partial charge in [0, 0.05) is 11.1 Å². The van der Waals surface area contributed by atoms with Gasteiger partial charge >= 0.3 is 6.01 Å². The van der Waals surface area contributed by atoms with E-state index in [9.17, 15) is 0 Å². The first-order valence-electron chi connectivity index (χ1n) is 3.73. The second-order valence-electron chi connectivity index (χ2n) is 2.61. The first-order chi connectivity index (χ1) is 6.24. The first kappa shape index (κ1) is 8.18. The zero-order valence-electron chi connectivity index (χ0n) is 7.02. The molecule has 2 aromatic heterocycles. The fraction of sp³-hybridized carbons (Fsp3) is 0.286. The highest BCUT2D eigenvalue weighted by atomic mass is 32.1. The van der Waals surface area contributed by atoms with Crippen molar-refractivity contribution in [3.05, 3.63) is 21.9 Å². The van der Waals surface area contributed by atoms with E-state index in [0.29, 0.717) is 12.2 Å². The fourth-order valence-corrected chi connectivity index (χ4v) is 1.73. The lowest BCUT2D eigenvalue weighted by Gasteiger charge is -1.86. The summed E-state index contributed by atoms with van der Waals surface area (Å²) in [5.41, 5.74) is 6.29. The number of hydrogen-bond donors (Lipinski definition) is 1. The highest BCUT2D eigenvalue weighted by Crippen LogP contribution is 2.12. The van der Waals surface area contributed by atoms with Gasteiger partial charge in [-0.15, -0.1) is 11.3 Å². The van der Waals surface area contributed by atoms with Crippen LogP contribution in [0.25, 0.3) is 0 Å². The maximum Gasteiger partial charge on any atom is 0.318 e. The lowest BCUT2D eigenvalue weighted by Crippen LogP contribution is -1.91. The molecule has 0 saturated heterocycles. The molecule has 0 saturated carbocycles. The monoisotopic (exact) mass is 196 g/mol. The Balaban J connectivity index is 2.14. The van der Waals surface area contributed by atoms with Crippen molar-refractivity contribution in [3.63, 3.8) is 0 Å². The van der Waals surface area contributed by atoms with Crippen LogP contribution in [0, 0.1) is 6.92 Å². The van der Waals surface area contributed by atoms with Crippen LogP contribution in [-0.2, 0) is 6.42 Å². The average molecular weight is 196 g/mol. The molecule has 5 nitrogen and oxygen atoms in total. The molecule has 0 atom stereocenters. The molecule has 2 heterocycles. The number of thiazole rings is 1. The van der Waals surface area contributed by atoms with E-state index >= 15 is 0 Å². The molecule has 0 unspecified atom stereocenters. The summed E-state index contributed by atoms with van der Waals surface area (Å²) in [5, 5.41) is 6.63. The summed E-state index contributed by atoms with van der Waals surface area (Å²) < 4.78 is 4.64. The van der Waals surface area contributed by atoms with Crippen LogP contribution in [0.3, 0.4) is 0 Å². The Hall–Kier alpha value is -1.43. The summed E-state index contributed by atoms with van der Waals surface area (Å²) in [6.07, 6.45) is 0.583. The minimum atomic E-state index is 0.100. The molecule has 2 aromatic rings. The molecule has 0 radical (unpaired) electrons. The number of anilines is 1. The van der Waals surface area contributed by atoms with Gasteiger partial charge in [0.1, 0.15) is 5.01 Å². The molecule has 0 amide bonds. The van der Waals surface area contributed by atoms with Gasteiger partial charge in [0.05, 0.1) is 6.42 Å². The molecule has 6 heteroatoms. The third kappa shape index (κ3) is 1.83. The van der Waals surface area contributed by atoms with Crippen LogP contribution in [0.15, 0.2) is 9.90 Å². The second-order valence-corrected chi connectivity index (χ2v) is 3.55. The Labute approximate surface area is 78.6 Å². The van der Waals surface area contributed by atoms with Crippen molar-refractivity contribution in [2.24, 2.45) is 0 Å². The summed E-state index contributed by atoms with van der Waals surface area (Å²) >= 11 is 1.58. The predicted octanol–water partition coefficient (Wildman–Crippen LogP) is 1.01. The quantitative estimate of drug-likeness (QED) is 0.775. The van der Waals surface area contributed by atoms with Gasteiger partial charge < -0.3 is 10.3 Å². The van der Waals surface area contributed by atoms with Crippen molar-refractivity contribution < 1.29 is 4.52 Å². The number of nitrogen functional groups attached to an aromatic ring is 1. The van der Waals surface area contributed by atoms with E-state index in [-0.39, 0.29) is 6.01 Å². The maximum atomic E-state index is 5.28. The van der Waals surface area contributed by atoms with Gasteiger partial charge in [0.2, 0.25) is 0 Å². The topological polar surface area (TPSA) is 77.8 Å². The van der Waals surface area contributed by atoms with Crippen molar-refractivity contribution >= 4 is 17.4 Å². The Morgan fingerprint density at radius 3 is 2.92 bits per heavy atom. The minimum absolute atomic E-state index is 0.100. The molecule has 0 aliphatic rings. The molecule has 0 bridgehead atoms. The Bertz CT molecular complexity index is 370. The van der Waals surface area contributed by atoms with Crippen LogP contribution >= 0.6 is 11.3 Å². The zero-order valence-corrected chi connectivity index (χ0v) is 7.84. The molecular formula is C7H8N4OS. The van der Waals surface area contributed by atoms with Gasteiger partial charge in [0.15, 0.2) is 5.82 Å². The normalized spacial score (nSPS) is 10.5. The van der Waals surface area contributed by atoms with Crippen molar-refractivity contribution in [2.75, 3.05) is 5.73 Å². The summed E-state index contributed by atoms with van der Waals surface area (Å²) in [7, 11) is 0. The standard InChI is InChI=1S/C7H8N4OS/c1-4-3-13-6(9-4)2-5-10-7(8)12-11-5/h3H,2H2,1H3,(H2,8,10,11). The summed E-state index contributed by atoms with van der Waals surface area (Å²) in [5.74, 6) is 0.576. The first-order valence-corrected chi connectivity index (χ1v) is 4.61. The molecule has 0 aliphatic carbocycles. The minimum Gasteiger partial charge on any atom is -0.351 e. The van der Waals surface area contributed by atoms with Gasteiger partial charge in [0.25, 0.3) is 0 Å². The van der Waals surface area contributed by atoms with Gasteiger partial charge in [-0.2, -0.15) is 4.98 Å². The summed E-state index contributed by atoms with van der Waals surface area (Å²) in [6, 6.07) is 0.100. The molecule has 0 aliphatic heterocycles. The fourth-order valence-electron chi connectivity index (χ4n) is 0.958. The van der Waals surface area contributed by atoms with Gasteiger partial charge in [-0.3, -0.25) is 0 Å². The molecule has 68 valence electrons. The van der Waals surface area contributed by atoms with Crippen molar-refractivity contribution in [2.45, 2.75) is 13.3 Å². The lowest BCUT2D eigenvalue weighted by atomic mass is 10.4. The lowest BCUT2D eigenvalue weighted by molar-refractivity contribution is 0.428. The van der Waals surface area contributed by atoms with Crippen molar-refractivity contribution in [1.82, 2.24) is 15.1 Å². The second kappa shape index (κ2) is 3.14. The SMILES string of the molecule is Cc1csc(Cc2noc(N)n2)n1. The third-order valence-electron chi connectivity index (χ3n) is 1.46. The highest BCUT2D eigenvalue weighted by molar-refractivity contribution is 7.09. The maximum absolute atomic E-state index is 5.28. The van der Waals surface area contributed by atoms with Crippen LogP contribution < -0.4 is 5.73 Å². The van der Waals surface area contributed by atoms with Crippen molar-refractivity contribution in [1.29, 1.82) is 0 Å².